The zero-order valence-electron chi connectivity index (χ0n) is 23.9. The second-order valence-electron chi connectivity index (χ2n) is 10.7. The third-order valence-corrected chi connectivity index (χ3v) is 10.9. The number of furan rings is 3. The fourth-order valence-corrected chi connectivity index (χ4v) is 8.54. The van der Waals surface area contributed by atoms with Crippen LogP contribution in [-0.2, 0) is 0 Å². The molecule has 220 valence electrons. The average Bonchev–Trinajstić information content (AvgIpc) is 3.91. The molecule has 8 heterocycles. The van der Waals surface area contributed by atoms with Gasteiger partial charge in [-0.15, -0.1) is 22.7 Å². The van der Waals surface area contributed by atoms with Crippen LogP contribution in [0.15, 0.2) is 117 Å². The van der Waals surface area contributed by atoms with E-state index in [1.54, 1.807) is 41.5 Å². The first-order valence-corrected chi connectivity index (χ1v) is 17.3. The predicted octanol–water partition coefficient (Wildman–Crippen LogP) is 12.2. The summed E-state index contributed by atoms with van der Waals surface area (Å²) in [5.74, 6) is 2.28. The number of rotatable bonds is 4. The molecule has 0 saturated heterocycles. The van der Waals surface area contributed by atoms with Gasteiger partial charge < -0.3 is 13.3 Å². The van der Waals surface area contributed by atoms with Crippen LogP contribution in [-0.4, -0.2) is 9.97 Å². The molecule has 0 spiro atoms. The van der Waals surface area contributed by atoms with Gasteiger partial charge in [0.05, 0.1) is 58.3 Å². The van der Waals surface area contributed by atoms with E-state index in [0.29, 0.717) is 0 Å². The van der Waals surface area contributed by atoms with Crippen molar-refractivity contribution in [3.8, 4) is 45.1 Å². The third kappa shape index (κ3) is 4.72. The molecule has 0 atom stereocenters. The Kier molecular flexibility index (Phi) is 6.73. The molecule has 0 fully saturated rings. The van der Waals surface area contributed by atoms with Crippen molar-refractivity contribution in [2.45, 2.75) is 0 Å². The minimum atomic E-state index is 0.752. The summed E-state index contributed by atoms with van der Waals surface area (Å²) in [6.07, 6.45) is 13.4. The van der Waals surface area contributed by atoms with Gasteiger partial charge in [0, 0.05) is 27.9 Å². The summed E-state index contributed by atoms with van der Waals surface area (Å²) in [6.45, 7) is 0. The zero-order chi connectivity index (χ0) is 30.6. The summed E-state index contributed by atoms with van der Waals surface area (Å²) in [5, 5.41) is 0. The van der Waals surface area contributed by atoms with Crippen LogP contribution in [0.3, 0.4) is 0 Å². The van der Waals surface area contributed by atoms with Gasteiger partial charge in [-0.25, -0.2) is 9.97 Å². The molecular weight excluding hydrogens is 723 g/mol. The highest BCUT2D eigenvalue weighted by Crippen LogP contribution is 2.43. The Labute approximate surface area is 285 Å². The predicted molar refractivity (Wildman–Crippen MR) is 197 cm³/mol. The third-order valence-electron chi connectivity index (χ3n) is 7.94. The number of halogens is 1. The van der Waals surface area contributed by atoms with E-state index in [0.717, 1.165) is 86.7 Å². The van der Waals surface area contributed by atoms with Gasteiger partial charge in [0.25, 0.3) is 0 Å². The Morgan fingerprint density at radius 1 is 0.435 bits per heavy atom. The van der Waals surface area contributed by atoms with Gasteiger partial charge >= 0.3 is 0 Å². The van der Waals surface area contributed by atoms with Crippen molar-refractivity contribution in [2.75, 3.05) is 0 Å². The minimum absolute atomic E-state index is 0.752. The smallest absolute Gasteiger partial charge is 0.137 e. The van der Waals surface area contributed by atoms with E-state index in [9.17, 15) is 0 Å². The number of nitrogens with zero attached hydrogens (tertiary/aromatic N) is 2. The quantitative estimate of drug-likeness (QED) is 0.168. The largest absolute Gasteiger partial charge is 0.464 e. The maximum atomic E-state index is 6.00. The first kappa shape index (κ1) is 27.5. The molecule has 0 saturated carbocycles. The van der Waals surface area contributed by atoms with Crippen LogP contribution >= 0.6 is 45.3 Å². The van der Waals surface area contributed by atoms with Gasteiger partial charge in [-0.05, 0) is 125 Å². The molecule has 46 heavy (non-hydrogen) atoms. The Balaban J connectivity index is 1.48. The van der Waals surface area contributed by atoms with E-state index in [4.69, 9.17) is 23.2 Å². The van der Waals surface area contributed by atoms with Crippen molar-refractivity contribution in [1.82, 2.24) is 9.97 Å². The molecule has 0 N–H and O–H groups in total. The molecule has 2 aliphatic heterocycles. The number of thiophene rings is 2. The lowest BCUT2D eigenvalue weighted by molar-refractivity contribution is 0.582. The summed E-state index contributed by atoms with van der Waals surface area (Å²) in [5.41, 5.74) is 8.38. The monoisotopic (exact) mass is 744 g/mol. The zero-order valence-corrected chi connectivity index (χ0v) is 27.7. The lowest BCUT2D eigenvalue weighted by Crippen LogP contribution is -1.85. The van der Waals surface area contributed by atoms with Gasteiger partial charge in [0.15, 0.2) is 0 Å². The molecule has 8 bridgehead atoms. The van der Waals surface area contributed by atoms with E-state index in [1.165, 1.54) is 3.57 Å². The molecule has 0 aliphatic carbocycles. The molecule has 2 aliphatic rings. The van der Waals surface area contributed by atoms with E-state index in [-0.39, 0.29) is 0 Å². The number of fused-ring (bicyclic) bond motifs is 8. The Morgan fingerprint density at radius 2 is 0.804 bits per heavy atom. The molecule has 7 aromatic rings. The van der Waals surface area contributed by atoms with Crippen LogP contribution in [0.5, 0.6) is 0 Å². The Morgan fingerprint density at radius 3 is 1.17 bits per heavy atom. The second kappa shape index (κ2) is 11.2. The Bertz CT molecular complexity index is 2430. The normalized spacial score (nSPS) is 12.3. The number of benzene rings is 1. The number of aromatic nitrogens is 2. The lowest BCUT2D eigenvalue weighted by Gasteiger charge is -2.04. The van der Waals surface area contributed by atoms with Crippen LogP contribution in [0.2, 0.25) is 0 Å². The van der Waals surface area contributed by atoms with Crippen molar-refractivity contribution < 1.29 is 13.3 Å². The fourth-order valence-electron chi connectivity index (χ4n) is 5.91. The topological polar surface area (TPSA) is 65.2 Å². The average molecular weight is 745 g/mol. The molecule has 0 amide bonds. The van der Waals surface area contributed by atoms with Crippen molar-refractivity contribution >= 4 is 88.4 Å². The van der Waals surface area contributed by atoms with Gasteiger partial charge in [0.2, 0.25) is 0 Å². The lowest BCUT2D eigenvalue weighted by atomic mass is 10.0. The van der Waals surface area contributed by atoms with Crippen LogP contribution < -0.4 is 0 Å². The van der Waals surface area contributed by atoms with Crippen LogP contribution in [0.1, 0.15) is 22.8 Å². The highest BCUT2D eigenvalue weighted by molar-refractivity contribution is 14.1. The van der Waals surface area contributed by atoms with E-state index < -0.39 is 0 Å². The second-order valence-corrected chi connectivity index (χ2v) is 14.1. The summed E-state index contributed by atoms with van der Waals surface area (Å²) in [6, 6.07) is 28.9. The fraction of sp³-hybridized carbons (Fsp3) is 0. The molecule has 0 radical (unpaired) electrons. The van der Waals surface area contributed by atoms with E-state index >= 15 is 0 Å². The van der Waals surface area contributed by atoms with E-state index in [1.807, 2.05) is 36.4 Å². The van der Waals surface area contributed by atoms with E-state index in [2.05, 4.69) is 95.4 Å². The molecular formula is C38H21IN2O3S2. The molecule has 1 aromatic carbocycles. The standard InChI is InChI=1S/C38H21IN2O3S2/c39-23-9-7-22(8-10-23)35-24-11-12-25(40-24)36(28-4-1-19-42-28)33-17-18-34(46-33)38(30-6-3-21-44-30)27-14-13-26(41-27)37(29-5-2-20-43-29)32-16-15-31(35)45-32/h1-21H. The molecule has 8 heteroatoms. The summed E-state index contributed by atoms with van der Waals surface area (Å²) in [7, 11) is 0. The summed E-state index contributed by atoms with van der Waals surface area (Å²) < 4.78 is 23.4. The first-order chi connectivity index (χ1) is 22.7. The van der Waals surface area contributed by atoms with Crippen LogP contribution in [0.4, 0.5) is 0 Å². The van der Waals surface area contributed by atoms with Gasteiger partial charge in [-0.1, -0.05) is 12.1 Å². The summed E-state index contributed by atoms with van der Waals surface area (Å²) in [4.78, 5) is 10.5. The number of hydrogen-bond acceptors (Lipinski definition) is 7. The highest BCUT2D eigenvalue weighted by Gasteiger charge is 2.21. The molecule has 0 unspecified atom stereocenters. The molecule has 5 nitrogen and oxygen atoms in total. The number of hydrogen-bond donors (Lipinski definition) is 0. The highest BCUT2D eigenvalue weighted by atomic mass is 127. The maximum Gasteiger partial charge on any atom is 0.137 e. The van der Waals surface area contributed by atoms with Crippen molar-refractivity contribution in [3.05, 3.63) is 130 Å². The Hall–Kier alpha value is -4.77. The molecule has 6 aromatic heterocycles. The first-order valence-electron chi connectivity index (χ1n) is 14.5. The van der Waals surface area contributed by atoms with Crippen molar-refractivity contribution in [2.24, 2.45) is 0 Å². The van der Waals surface area contributed by atoms with Gasteiger partial charge in [0.1, 0.15) is 17.3 Å². The maximum absolute atomic E-state index is 6.00. The van der Waals surface area contributed by atoms with Gasteiger partial charge in [-0.3, -0.25) is 0 Å². The van der Waals surface area contributed by atoms with Crippen LogP contribution in [0, 0.1) is 3.57 Å². The van der Waals surface area contributed by atoms with Crippen molar-refractivity contribution in [1.29, 1.82) is 0 Å². The van der Waals surface area contributed by atoms with Crippen molar-refractivity contribution in [3.63, 3.8) is 0 Å². The molecule has 9 rings (SSSR count). The van der Waals surface area contributed by atoms with Gasteiger partial charge in [-0.2, -0.15) is 0 Å². The summed E-state index contributed by atoms with van der Waals surface area (Å²) >= 11 is 5.72. The van der Waals surface area contributed by atoms with Crippen LogP contribution in [0.25, 0.3) is 88.2 Å². The SMILES string of the molecule is Ic1ccc(-c2c3nc(c(-c4ccco4)c4ccc(s4)c(-c4ccco4)c4nc(c(-c5ccco5)c5ccc2s5)C=C4)C=C3)cc1. The minimum Gasteiger partial charge on any atom is -0.464 e.